The highest BCUT2D eigenvalue weighted by Crippen LogP contribution is 2.23. The third-order valence-corrected chi connectivity index (χ3v) is 2.95. The summed E-state index contributed by atoms with van der Waals surface area (Å²) in [5.41, 5.74) is 9.28. The molecule has 0 aliphatic carbocycles. The van der Waals surface area contributed by atoms with Gasteiger partial charge in [-0.15, -0.1) is 0 Å². The number of benzene rings is 1. The van der Waals surface area contributed by atoms with Crippen LogP contribution in [0, 0.1) is 0 Å². The van der Waals surface area contributed by atoms with Crippen molar-refractivity contribution in [2.75, 3.05) is 0 Å². The number of hydrogen-bond donors (Lipinski definition) is 1. The molecule has 17 heavy (non-hydrogen) atoms. The van der Waals surface area contributed by atoms with E-state index in [4.69, 9.17) is 10.5 Å². The number of ether oxygens (including phenoxy) is 1. The van der Waals surface area contributed by atoms with Gasteiger partial charge in [0.15, 0.2) is 0 Å². The molecular weight excluding hydrogens is 212 g/mol. The van der Waals surface area contributed by atoms with E-state index in [2.05, 4.69) is 49.9 Å². The quantitative estimate of drug-likeness (QED) is 0.880. The first-order valence-corrected chi connectivity index (χ1v) is 6.00. The Bertz CT molecular complexity index is 514. The Kier molecular flexibility index (Phi) is 3.50. The summed E-state index contributed by atoms with van der Waals surface area (Å²) < 4.78 is 7.80. The molecule has 0 unspecified atom stereocenters. The second-order valence-electron chi connectivity index (χ2n) is 4.68. The second kappa shape index (κ2) is 4.90. The molecule has 2 N–H and O–H groups in total. The molecule has 1 aromatic heterocycles. The number of aryl methyl sites for hydroxylation is 1. The Morgan fingerprint density at radius 1 is 1.35 bits per heavy atom. The highest BCUT2D eigenvalue weighted by molar-refractivity contribution is 5.84. The van der Waals surface area contributed by atoms with Crippen LogP contribution in [0.3, 0.4) is 0 Å². The van der Waals surface area contributed by atoms with E-state index in [-0.39, 0.29) is 6.10 Å². The molecule has 0 saturated carbocycles. The normalized spacial score (nSPS) is 11.6. The molecule has 3 nitrogen and oxygen atoms in total. The van der Waals surface area contributed by atoms with Gasteiger partial charge in [-0.05, 0) is 25.5 Å². The van der Waals surface area contributed by atoms with Crippen molar-refractivity contribution in [3.63, 3.8) is 0 Å². The van der Waals surface area contributed by atoms with Crippen LogP contribution in [0.2, 0.25) is 0 Å². The third-order valence-electron chi connectivity index (χ3n) is 2.95. The van der Waals surface area contributed by atoms with E-state index >= 15 is 0 Å². The predicted molar refractivity (Wildman–Crippen MR) is 70.7 cm³/mol. The number of hydrogen-bond acceptors (Lipinski definition) is 2. The number of fused-ring (bicyclic) bond motifs is 1. The highest BCUT2D eigenvalue weighted by Gasteiger charge is 2.07. The van der Waals surface area contributed by atoms with Crippen LogP contribution in [0.1, 0.15) is 25.0 Å². The summed E-state index contributed by atoms with van der Waals surface area (Å²) in [7, 11) is 2.06. The van der Waals surface area contributed by atoms with E-state index in [1.165, 1.54) is 16.5 Å². The Balaban J connectivity index is 2.38. The van der Waals surface area contributed by atoms with Gasteiger partial charge in [0, 0.05) is 36.3 Å². The maximum Gasteiger partial charge on any atom is 0.0741 e. The van der Waals surface area contributed by atoms with Gasteiger partial charge in [-0.3, -0.25) is 0 Å². The number of nitrogens with two attached hydrogens (primary N) is 1. The molecule has 0 atom stereocenters. The Morgan fingerprint density at radius 3 is 2.76 bits per heavy atom. The molecule has 2 rings (SSSR count). The van der Waals surface area contributed by atoms with Crippen molar-refractivity contribution in [1.82, 2.24) is 4.57 Å². The van der Waals surface area contributed by atoms with Gasteiger partial charge in [0.1, 0.15) is 0 Å². The van der Waals surface area contributed by atoms with Crippen LogP contribution < -0.4 is 5.73 Å². The molecule has 2 aromatic rings. The molecule has 0 spiro atoms. The van der Waals surface area contributed by atoms with Gasteiger partial charge >= 0.3 is 0 Å². The summed E-state index contributed by atoms with van der Waals surface area (Å²) in [4.78, 5) is 0. The van der Waals surface area contributed by atoms with E-state index in [9.17, 15) is 0 Å². The number of aromatic nitrogens is 1. The molecule has 0 saturated heterocycles. The van der Waals surface area contributed by atoms with Gasteiger partial charge in [0.2, 0.25) is 0 Å². The summed E-state index contributed by atoms with van der Waals surface area (Å²) in [5.74, 6) is 0. The van der Waals surface area contributed by atoms with Crippen molar-refractivity contribution in [3.05, 3.63) is 35.5 Å². The fourth-order valence-corrected chi connectivity index (χ4v) is 2.01. The molecule has 0 amide bonds. The van der Waals surface area contributed by atoms with E-state index in [1.807, 2.05) is 0 Å². The predicted octanol–water partition coefficient (Wildman–Crippen LogP) is 2.56. The summed E-state index contributed by atoms with van der Waals surface area (Å²) in [6.45, 7) is 5.35. The number of rotatable bonds is 4. The molecule has 0 aliphatic heterocycles. The molecule has 0 aliphatic rings. The van der Waals surface area contributed by atoms with Gasteiger partial charge in [0.05, 0.1) is 12.7 Å². The summed E-state index contributed by atoms with van der Waals surface area (Å²) >= 11 is 0. The maximum absolute atomic E-state index is 5.67. The second-order valence-corrected chi connectivity index (χ2v) is 4.68. The molecule has 92 valence electrons. The molecular formula is C14H20N2O. The maximum atomic E-state index is 5.67. The zero-order valence-electron chi connectivity index (χ0n) is 10.7. The average molecular weight is 232 g/mol. The van der Waals surface area contributed by atoms with Crippen LogP contribution in [0.4, 0.5) is 0 Å². The van der Waals surface area contributed by atoms with Crippen LogP contribution >= 0.6 is 0 Å². The summed E-state index contributed by atoms with van der Waals surface area (Å²) in [6.07, 6.45) is 2.39. The monoisotopic (exact) mass is 232 g/mol. The fraction of sp³-hybridized carbons (Fsp3) is 0.429. The highest BCUT2D eigenvalue weighted by atomic mass is 16.5. The van der Waals surface area contributed by atoms with Gasteiger partial charge < -0.3 is 15.0 Å². The minimum absolute atomic E-state index is 0.258. The number of nitrogens with zero attached hydrogens (tertiary/aromatic N) is 1. The lowest BCUT2D eigenvalue weighted by Crippen LogP contribution is -2.01. The van der Waals surface area contributed by atoms with Crippen molar-refractivity contribution in [2.24, 2.45) is 12.8 Å². The van der Waals surface area contributed by atoms with Crippen molar-refractivity contribution in [1.29, 1.82) is 0 Å². The van der Waals surface area contributed by atoms with Crippen molar-refractivity contribution < 1.29 is 4.74 Å². The van der Waals surface area contributed by atoms with E-state index in [0.29, 0.717) is 13.2 Å². The van der Waals surface area contributed by atoms with Gasteiger partial charge in [-0.2, -0.15) is 0 Å². The molecule has 0 bridgehead atoms. The van der Waals surface area contributed by atoms with Crippen molar-refractivity contribution in [3.8, 4) is 0 Å². The van der Waals surface area contributed by atoms with Crippen molar-refractivity contribution >= 4 is 10.9 Å². The largest absolute Gasteiger partial charge is 0.374 e. The molecule has 3 heteroatoms. The van der Waals surface area contributed by atoms with Crippen LogP contribution in [-0.4, -0.2) is 10.7 Å². The van der Waals surface area contributed by atoms with Gasteiger partial charge in [-0.1, -0.05) is 12.1 Å². The molecule has 0 fully saturated rings. The van der Waals surface area contributed by atoms with E-state index in [0.717, 1.165) is 5.56 Å². The van der Waals surface area contributed by atoms with Gasteiger partial charge in [-0.25, -0.2) is 0 Å². The topological polar surface area (TPSA) is 40.2 Å². The first-order chi connectivity index (χ1) is 8.11. The first-order valence-electron chi connectivity index (χ1n) is 6.00. The molecule has 0 radical (unpaired) electrons. The minimum Gasteiger partial charge on any atom is -0.374 e. The van der Waals surface area contributed by atoms with Crippen LogP contribution in [0.15, 0.2) is 24.4 Å². The van der Waals surface area contributed by atoms with E-state index < -0.39 is 0 Å². The average Bonchev–Trinajstić information content (AvgIpc) is 2.63. The Hall–Kier alpha value is -1.32. The summed E-state index contributed by atoms with van der Waals surface area (Å²) in [5, 5.41) is 1.25. The third kappa shape index (κ3) is 2.51. The van der Waals surface area contributed by atoms with Crippen LogP contribution in [0.5, 0.6) is 0 Å². The van der Waals surface area contributed by atoms with Gasteiger partial charge in [0.25, 0.3) is 0 Å². The smallest absolute Gasteiger partial charge is 0.0741 e. The Labute approximate surface area is 102 Å². The fourth-order valence-electron chi connectivity index (χ4n) is 2.01. The standard InChI is InChI=1S/C14H20N2O/c1-10(2)17-9-12-8-16(3)14-6-11(7-15)4-5-13(12)14/h4-6,8,10H,7,9,15H2,1-3H3. The lowest BCUT2D eigenvalue weighted by Gasteiger charge is -2.06. The van der Waals surface area contributed by atoms with Crippen LogP contribution in [0.25, 0.3) is 10.9 Å². The zero-order chi connectivity index (χ0) is 12.4. The van der Waals surface area contributed by atoms with E-state index in [1.54, 1.807) is 0 Å². The molecule has 1 heterocycles. The lowest BCUT2D eigenvalue weighted by atomic mass is 10.1. The molecule has 1 aromatic carbocycles. The lowest BCUT2D eigenvalue weighted by molar-refractivity contribution is 0.0663. The SMILES string of the molecule is CC(C)OCc1cn(C)c2cc(CN)ccc12. The first kappa shape index (κ1) is 12.1. The summed E-state index contributed by atoms with van der Waals surface area (Å²) in [6, 6.07) is 6.37. The van der Waals surface area contributed by atoms with Crippen molar-refractivity contribution in [2.45, 2.75) is 33.1 Å². The zero-order valence-corrected chi connectivity index (χ0v) is 10.7. The van der Waals surface area contributed by atoms with Crippen LogP contribution in [-0.2, 0) is 24.9 Å². The minimum atomic E-state index is 0.258. The Morgan fingerprint density at radius 2 is 2.12 bits per heavy atom.